The molecule has 0 bridgehead atoms. The van der Waals surface area contributed by atoms with Crippen LogP contribution in [0.2, 0.25) is 0 Å². The van der Waals surface area contributed by atoms with E-state index in [4.69, 9.17) is 5.11 Å². The Morgan fingerprint density at radius 1 is 1.55 bits per heavy atom. The molecule has 0 aromatic carbocycles. The van der Waals surface area contributed by atoms with E-state index in [1.807, 2.05) is 6.92 Å². The fourth-order valence-corrected chi connectivity index (χ4v) is 6.13. The van der Waals surface area contributed by atoms with Crippen LogP contribution in [0, 0.1) is 0 Å². The highest BCUT2D eigenvalue weighted by atomic mass is 79.9. The van der Waals surface area contributed by atoms with Gasteiger partial charge in [0.15, 0.2) is 0 Å². The quantitative estimate of drug-likeness (QED) is 0.807. The van der Waals surface area contributed by atoms with Crippen LogP contribution < -0.4 is 0 Å². The van der Waals surface area contributed by atoms with Crippen LogP contribution in [0.15, 0.2) is 14.7 Å². The molecule has 1 aliphatic rings. The normalized spacial score (nSPS) is 18.8. The zero-order valence-electron chi connectivity index (χ0n) is 10.7. The van der Waals surface area contributed by atoms with Crippen molar-refractivity contribution in [3.8, 4) is 0 Å². The lowest BCUT2D eigenvalue weighted by Gasteiger charge is -2.45. The van der Waals surface area contributed by atoms with Crippen LogP contribution in [0.5, 0.6) is 0 Å². The fraction of sp³-hybridized carbons (Fsp3) is 0.545. The molecule has 1 fully saturated rings. The summed E-state index contributed by atoms with van der Waals surface area (Å²) in [6.07, 6.45) is 1.32. The Bertz CT molecular complexity index is 633. The van der Waals surface area contributed by atoms with Gasteiger partial charge in [-0.25, -0.2) is 13.2 Å². The average Bonchev–Trinajstić information content (AvgIpc) is 2.69. The number of carboxylic acid groups (broad SMARTS) is 1. The number of hydrogen-bond acceptors (Lipinski definition) is 5. The molecule has 0 aliphatic carbocycles. The molecule has 2 heterocycles. The maximum atomic E-state index is 12.4. The molecule has 0 atom stereocenters. The maximum absolute atomic E-state index is 12.4. The maximum Gasteiger partial charge on any atom is 0.345 e. The van der Waals surface area contributed by atoms with Crippen LogP contribution in [-0.4, -0.2) is 47.6 Å². The van der Waals surface area contributed by atoms with Gasteiger partial charge in [0.25, 0.3) is 0 Å². The molecule has 20 heavy (non-hydrogen) atoms. The first kappa shape index (κ1) is 15.9. The Morgan fingerprint density at radius 2 is 2.15 bits per heavy atom. The van der Waals surface area contributed by atoms with Gasteiger partial charge in [-0.1, -0.05) is 13.3 Å². The molecule has 9 heteroatoms. The Morgan fingerprint density at radius 3 is 2.60 bits per heavy atom. The Balaban J connectivity index is 2.23. The molecule has 1 aromatic rings. The standard InChI is InChI=1S/C11H14BrNO5S2/c1-2-3-11(16)5-13(6-11)20(17,18)8-4-7(10(14)15)19-9(8)12/h4,16H,2-3,5-6H2,1H3,(H,14,15). The summed E-state index contributed by atoms with van der Waals surface area (Å²) in [7, 11) is -3.76. The van der Waals surface area contributed by atoms with E-state index in [9.17, 15) is 18.3 Å². The monoisotopic (exact) mass is 383 g/mol. The van der Waals surface area contributed by atoms with Gasteiger partial charge in [-0.05, 0) is 28.4 Å². The van der Waals surface area contributed by atoms with Crippen LogP contribution in [0.25, 0.3) is 0 Å². The highest BCUT2D eigenvalue weighted by Gasteiger charge is 2.47. The van der Waals surface area contributed by atoms with E-state index in [1.165, 1.54) is 4.31 Å². The first-order valence-corrected chi connectivity index (χ1v) is 9.00. The van der Waals surface area contributed by atoms with E-state index in [-0.39, 0.29) is 26.6 Å². The lowest BCUT2D eigenvalue weighted by atomic mass is 9.92. The Labute approximate surface area is 129 Å². The molecule has 6 nitrogen and oxygen atoms in total. The van der Waals surface area contributed by atoms with Crippen molar-refractivity contribution in [2.24, 2.45) is 0 Å². The van der Waals surface area contributed by atoms with E-state index in [0.29, 0.717) is 6.42 Å². The number of sulfonamides is 1. The molecule has 0 amide bonds. The number of thiophene rings is 1. The average molecular weight is 384 g/mol. The third kappa shape index (κ3) is 2.77. The summed E-state index contributed by atoms with van der Waals surface area (Å²) in [5.74, 6) is -1.16. The summed E-state index contributed by atoms with van der Waals surface area (Å²) in [5.41, 5.74) is -0.958. The van der Waals surface area contributed by atoms with Crippen LogP contribution in [0.4, 0.5) is 0 Å². The van der Waals surface area contributed by atoms with Crippen molar-refractivity contribution in [2.45, 2.75) is 30.3 Å². The van der Waals surface area contributed by atoms with Crippen molar-refractivity contribution < 1.29 is 23.4 Å². The number of rotatable bonds is 5. The number of aromatic carboxylic acids is 1. The summed E-state index contributed by atoms with van der Waals surface area (Å²) < 4.78 is 26.2. The summed E-state index contributed by atoms with van der Waals surface area (Å²) in [4.78, 5) is 10.8. The van der Waals surface area contributed by atoms with Crippen LogP contribution >= 0.6 is 27.3 Å². The van der Waals surface area contributed by atoms with Crippen LogP contribution in [0.3, 0.4) is 0 Å². The zero-order chi connectivity index (χ0) is 15.1. The van der Waals surface area contributed by atoms with Gasteiger partial charge in [-0.2, -0.15) is 4.31 Å². The predicted octanol–water partition coefficient (Wildman–Crippen LogP) is 1.74. The van der Waals surface area contributed by atoms with Crippen molar-refractivity contribution in [2.75, 3.05) is 13.1 Å². The molecule has 1 aliphatic heterocycles. The molecule has 1 aromatic heterocycles. The van der Waals surface area contributed by atoms with Crippen molar-refractivity contribution in [1.29, 1.82) is 0 Å². The van der Waals surface area contributed by atoms with Crippen molar-refractivity contribution in [3.05, 3.63) is 14.7 Å². The minimum Gasteiger partial charge on any atom is -0.477 e. The summed E-state index contributed by atoms with van der Waals surface area (Å²) in [6.45, 7) is 2.02. The van der Waals surface area contributed by atoms with Crippen molar-refractivity contribution in [1.82, 2.24) is 4.31 Å². The molecule has 0 saturated carbocycles. The van der Waals surface area contributed by atoms with Gasteiger partial charge in [0.2, 0.25) is 10.0 Å². The summed E-state index contributed by atoms with van der Waals surface area (Å²) in [5, 5.41) is 18.9. The molecule has 2 N–H and O–H groups in total. The minimum absolute atomic E-state index is 0.0419. The molecular formula is C11H14BrNO5S2. The Hall–Kier alpha value is -0.480. The second kappa shape index (κ2) is 5.38. The number of hydrogen-bond donors (Lipinski definition) is 2. The lowest BCUT2D eigenvalue weighted by Crippen LogP contribution is -2.63. The van der Waals surface area contributed by atoms with Gasteiger partial charge in [-0.3, -0.25) is 0 Å². The number of β-amino-alcohol motifs (C(OH)–C–C–N with tert-alkyl or cyclic N) is 1. The second-order valence-electron chi connectivity index (χ2n) is 4.80. The van der Waals surface area contributed by atoms with Gasteiger partial charge in [0, 0.05) is 13.1 Å². The second-order valence-corrected chi connectivity index (χ2v) is 9.08. The molecular weight excluding hydrogens is 370 g/mol. The van der Waals surface area contributed by atoms with Crippen molar-refractivity contribution >= 4 is 43.3 Å². The highest BCUT2D eigenvalue weighted by molar-refractivity contribution is 9.11. The molecule has 0 spiro atoms. The zero-order valence-corrected chi connectivity index (χ0v) is 13.9. The lowest BCUT2D eigenvalue weighted by molar-refractivity contribution is -0.0653. The first-order chi connectivity index (χ1) is 9.19. The first-order valence-electron chi connectivity index (χ1n) is 5.95. The smallest absolute Gasteiger partial charge is 0.345 e. The van der Waals surface area contributed by atoms with E-state index in [0.717, 1.165) is 23.8 Å². The summed E-state index contributed by atoms with van der Waals surface area (Å²) in [6, 6.07) is 1.14. The Kier molecular flexibility index (Phi) is 4.27. The van der Waals surface area contributed by atoms with Crippen LogP contribution in [0.1, 0.15) is 29.4 Å². The number of aliphatic hydroxyl groups is 1. The van der Waals surface area contributed by atoms with Gasteiger partial charge in [0.05, 0.1) is 9.39 Å². The fourth-order valence-electron chi connectivity index (χ4n) is 2.18. The highest BCUT2D eigenvalue weighted by Crippen LogP contribution is 2.37. The SMILES string of the molecule is CCCC1(O)CN(S(=O)(=O)c2cc(C(=O)O)sc2Br)C1. The molecule has 112 valence electrons. The van der Waals surface area contributed by atoms with Gasteiger partial charge >= 0.3 is 5.97 Å². The summed E-state index contributed by atoms with van der Waals surface area (Å²) >= 11 is 3.95. The van der Waals surface area contributed by atoms with Crippen molar-refractivity contribution in [3.63, 3.8) is 0 Å². The number of carbonyl (C=O) groups is 1. The molecule has 0 unspecified atom stereocenters. The molecule has 1 saturated heterocycles. The van der Waals surface area contributed by atoms with Gasteiger partial charge < -0.3 is 10.2 Å². The number of nitrogens with zero attached hydrogens (tertiary/aromatic N) is 1. The van der Waals surface area contributed by atoms with Gasteiger partial charge in [-0.15, -0.1) is 11.3 Å². The molecule has 0 radical (unpaired) electrons. The predicted molar refractivity (Wildman–Crippen MR) is 77.6 cm³/mol. The van der Waals surface area contributed by atoms with E-state index in [1.54, 1.807) is 0 Å². The molecule has 2 rings (SSSR count). The largest absolute Gasteiger partial charge is 0.477 e. The van der Waals surface area contributed by atoms with E-state index < -0.39 is 21.6 Å². The van der Waals surface area contributed by atoms with E-state index >= 15 is 0 Å². The van der Waals surface area contributed by atoms with Crippen LogP contribution in [-0.2, 0) is 10.0 Å². The third-order valence-corrected chi connectivity index (χ3v) is 7.17. The van der Waals surface area contributed by atoms with E-state index in [2.05, 4.69) is 15.9 Å². The number of halogens is 1. The number of carboxylic acids is 1. The topological polar surface area (TPSA) is 94.9 Å². The minimum atomic E-state index is -3.76. The third-order valence-electron chi connectivity index (χ3n) is 3.14. The van der Waals surface area contributed by atoms with Gasteiger partial charge in [0.1, 0.15) is 9.77 Å².